The Morgan fingerprint density at radius 3 is 2.50 bits per heavy atom. The molecule has 1 aliphatic heterocycles. The van der Waals surface area contributed by atoms with Crippen LogP contribution in [0.4, 0.5) is 0 Å². The third-order valence-electron chi connectivity index (χ3n) is 5.29. The van der Waals surface area contributed by atoms with E-state index in [1.807, 2.05) is 6.92 Å². The zero-order valence-electron chi connectivity index (χ0n) is 17.6. The van der Waals surface area contributed by atoms with Gasteiger partial charge in [-0.15, -0.1) is 0 Å². The summed E-state index contributed by atoms with van der Waals surface area (Å²) in [6.07, 6.45) is 1.98. The monoisotopic (exact) mass is 413 g/mol. The average molecular weight is 413 g/mol. The van der Waals surface area contributed by atoms with Crippen LogP contribution in [0.3, 0.4) is 0 Å². The van der Waals surface area contributed by atoms with Gasteiger partial charge in [-0.2, -0.15) is 0 Å². The van der Waals surface area contributed by atoms with Crippen LogP contribution < -0.4 is 4.74 Å². The number of esters is 2. The second kappa shape index (κ2) is 9.80. The number of carbonyl (C=O) groups excluding carboxylic acids is 3. The Bertz CT molecular complexity index is 883. The summed E-state index contributed by atoms with van der Waals surface area (Å²) in [6.45, 7) is 5.98. The highest BCUT2D eigenvalue weighted by molar-refractivity contribution is 6.11. The summed E-state index contributed by atoms with van der Waals surface area (Å²) >= 11 is 0. The van der Waals surface area contributed by atoms with Crippen molar-refractivity contribution in [3.8, 4) is 5.75 Å². The predicted octanol–water partition coefficient (Wildman–Crippen LogP) is 3.37. The molecule has 7 heteroatoms. The van der Waals surface area contributed by atoms with Crippen LogP contribution in [0.1, 0.15) is 51.5 Å². The summed E-state index contributed by atoms with van der Waals surface area (Å²) in [5.74, 6) is -1.35. The van der Waals surface area contributed by atoms with Crippen LogP contribution in [0.5, 0.6) is 5.75 Å². The number of rotatable bonds is 7. The van der Waals surface area contributed by atoms with Gasteiger partial charge < -0.3 is 14.2 Å². The molecule has 3 rings (SSSR count). The van der Waals surface area contributed by atoms with Crippen LogP contribution in [0.15, 0.2) is 40.5 Å². The number of carbonyl (C=O) groups is 3. The molecule has 7 nitrogen and oxygen atoms in total. The van der Waals surface area contributed by atoms with Gasteiger partial charge in [-0.25, -0.2) is 4.79 Å². The molecule has 0 amide bonds. The summed E-state index contributed by atoms with van der Waals surface area (Å²) in [6, 6.07) is 6.91. The zero-order valence-corrected chi connectivity index (χ0v) is 17.6. The Hall–Kier alpha value is -2.80. The predicted molar refractivity (Wildman–Crippen MR) is 110 cm³/mol. The molecule has 1 fully saturated rings. The molecule has 0 N–H and O–H groups in total. The topological polar surface area (TPSA) is 91.3 Å². The van der Waals surface area contributed by atoms with Gasteiger partial charge in [0.1, 0.15) is 18.1 Å². The molecule has 1 heterocycles. The van der Waals surface area contributed by atoms with Crippen molar-refractivity contribution >= 4 is 23.4 Å². The largest absolute Gasteiger partial charge is 0.460 e. The number of nitrogens with zero attached hydrogens (tertiary/aromatic N) is 1. The Morgan fingerprint density at radius 2 is 1.83 bits per heavy atom. The van der Waals surface area contributed by atoms with Gasteiger partial charge in [-0.05, 0) is 44.4 Å². The summed E-state index contributed by atoms with van der Waals surface area (Å²) in [5, 5.41) is 0. The molecule has 1 aliphatic carbocycles. The molecular formula is C23H27NO6. The van der Waals surface area contributed by atoms with Crippen molar-refractivity contribution in [1.29, 1.82) is 0 Å². The Kier molecular flexibility index (Phi) is 7.15. The average Bonchev–Trinajstić information content (AvgIpc) is 2.70. The number of fused-ring (bicyclic) bond motifs is 1. The van der Waals surface area contributed by atoms with Crippen molar-refractivity contribution < 1.29 is 28.6 Å². The number of ketones is 1. The van der Waals surface area contributed by atoms with Gasteiger partial charge in [0.25, 0.3) is 0 Å². The number of Topliss-reactive ketones (excluding diaryl/α,β-unsaturated/α-hetero) is 1. The van der Waals surface area contributed by atoms with Crippen molar-refractivity contribution in [2.75, 3.05) is 19.8 Å². The van der Waals surface area contributed by atoms with E-state index in [1.54, 1.807) is 31.2 Å². The lowest BCUT2D eigenvalue weighted by atomic mass is 9.69. The first-order chi connectivity index (χ1) is 14.4. The van der Waals surface area contributed by atoms with E-state index < -0.39 is 23.8 Å². The van der Waals surface area contributed by atoms with Gasteiger partial charge >= 0.3 is 11.9 Å². The molecule has 1 aromatic rings. The highest BCUT2D eigenvalue weighted by atomic mass is 16.6. The molecule has 0 aromatic heterocycles. The van der Waals surface area contributed by atoms with Gasteiger partial charge in [0, 0.05) is 37.3 Å². The van der Waals surface area contributed by atoms with E-state index in [2.05, 4.69) is 4.99 Å². The number of benzene rings is 1. The summed E-state index contributed by atoms with van der Waals surface area (Å²) in [5.41, 5.74) is 2.58. The van der Waals surface area contributed by atoms with E-state index in [0.717, 1.165) is 24.1 Å². The Morgan fingerprint density at radius 1 is 1.10 bits per heavy atom. The van der Waals surface area contributed by atoms with E-state index in [-0.39, 0.29) is 12.4 Å². The van der Waals surface area contributed by atoms with Gasteiger partial charge in [0.05, 0.1) is 18.1 Å². The van der Waals surface area contributed by atoms with Crippen LogP contribution in [0.2, 0.25) is 0 Å². The molecule has 160 valence electrons. The fourth-order valence-electron chi connectivity index (χ4n) is 4.07. The normalized spacial score (nSPS) is 21.0. The SMILES string of the molecule is CCOCCOC(=O)C1=C(C)N=C2CCCC(=O)C2C1c1ccc(OC(C)=O)cc1. The van der Waals surface area contributed by atoms with Crippen molar-refractivity contribution in [2.45, 2.75) is 46.0 Å². The van der Waals surface area contributed by atoms with Gasteiger partial charge in [-0.1, -0.05) is 12.1 Å². The third-order valence-corrected chi connectivity index (χ3v) is 5.29. The molecule has 30 heavy (non-hydrogen) atoms. The van der Waals surface area contributed by atoms with Crippen molar-refractivity contribution in [3.63, 3.8) is 0 Å². The number of aliphatic imine (C=N–C) groups is 1. The van der Waals surface area contributed by atoms with Crippen LogP contribution in [0, 0.1) is 5.92 Å². The lowest BCUT2D eigenvalue weighted by molar-refractivity contribution is -0.141. The van der Waals surface area contributed by atoms with Crippen LogP contribution in [0.25, 0.3) is 0 Å². The summed E-state index contributed by atoms with van der Waals surface area (Å²) < 4.78 is 15.8. The molecule has 1 saturated carbocycles. The first kappa shape index (κ1) is 21.9. The Balaban J connectivity index is 1.96. The fraction of sp³-hybridized carbons (Fsp3) is 0.478. The zero-order chi connectivity index (χ0) is 21.7. The smallest absolute Gasteiger partial charge is 0.336 e. The van der Waals surface area contributed by atoms with Crippen molar-refractivity contribution in [3.05, 3.63) is 41.1 Å². The lowest BCUT2D eigenvalue weighted by Gasteiger charge is -2.35. The minimum absolute atomic E-state index is 0.0844. The maximum atomic E-state index is 13.0. The quantitative estimate of drug-likeness (QED) is 0.387. The number of hydrogen-bond acceptors (Lipinski definition) is 7. The van der Waals surface area contributed by atoms with E-state index >= 15 is 0 Å². The maximum absolute atomic E-state index is 13.0. The molecular weight excluding hydrogens is 386 g/mol. The third kappa shape index (κ3) is 4.84. The summed E-state index contributed by atoms with van der Waals surface area (Å²) in [4.78, 5) is 41.6. The molecule has 1 aromatic carbocycles. The van der Waals surface area contributed by atoms with Gasteiger partial charge in [-0.3, -0.25) is 14.6 Å². The van der Waals surface area contributed by atoms with Crippen molar-refractivity contribution in [1.82, 2.24) is 0 Å². The minimum atomic E-state index is -0.484. The number of hydrogen-bond donors (Lipinski definition) is 0. The molecule has 0 bridgehead atoms. The number of ether oxygens (including phenoxy) is 3. The highest BCUT2D eigenvalue weighted by Gasteiger charge is 2.43. The summed E-state index contributed by atoms with van der Waals surface area (Å²) in [7, 11) is 0. The van der Waals surface area contributed by atoms with Crippen LogP contribution in [-0.4, -0.2) is 43.3 Å². The van der Waals surface area contributed by atoms with Crippen molar-refractivity contribution in [2.24, 2.45) is 10.9 Å². The molecule has 2 aliphatic rings. The van der Waals surface area contributed by atoms with Crippen LogP contribution in [-0.2, 0) is 23.9 Å². The molecule has 0 radical (unpaired) electrons. The standard InChI is InChI=1S/C23H27NO6/c1-4-28-12-13-29-23(27)20-14(2)24-18-6-5-7-19(26)22(18)21(20)16-8-10-17(11-9-16)30-15(3)25/h8-11,21-22H,4-7,12-13H2,1-3H3. The second-order valence-corrected chi connectivity index (χ2v) is 7.37. The first-order valence-corrected chi connectivity index (χ1v) is 10.3. The molecule has 0 saturated heterocycles. The van der Waals surface area contributed by atoms with Gasteiger partial charge in [0.15, 0.2) is 0 Å². The van der Waals surface area contributed by atoms with Gasteiger partial charge in [0.2, 0.25) is 0 Å². The fourth-order valence-corrected chi connectivity index (χ4v) is 4.07. The van der Waals surface area contributed by atoms with Crippen LogP contribution >= 0.6 is 0 Å². The van der Waals surface area contributed by atoms with E-state index in [0.29, 0.717) is 36.7 Å². The Labute approximate surface area is 176 Å². The van der Waals surface area contributed by atoms with E-state index in [4.69, 9.17) is 14.2 Å². The maximum Gasteiger partial charge on any atom is 0.336 e. The minimum Gasteiger partial charge on any atom is -0.460 e. The molecule has 0 spiro atoms. The lowest BCUT2D eigenvalue weighted by Crippen LogP contribution is -2.39. The highest BCUT2D eigenvalue weighted by Crippen LogP contribution is 2.43. The first-order valence-electron chi connectivity index (χ1n) is 10.3. The van der Waals surface area contributed by atoms with E-state index in [1.165, 1.54) is 6.92 Å². The molecule has 2 unspecified atom stereocenters. The second-order valence-electron chi connectivity index (χ2n) is 7.37. The van der Waals surface area contributed by atoms with E-state index in [9.17, 15) is 14.4 Å². The number of allylic oxidation sites excluding steroid dienone is 1. The molecule has 2 atom stereocenters.